The van der Waals surface area contributed by atoms with E-state index in [1.807, 2.05) is 70.6 Å². The van der Waals surface area contributed by atoms with Crippen LogP contribution in [0.2, 0.25) is 0 Å². The number of para-hydroxylation sites is 3. The van der Waals surface area contributed by atoms with E-state index in [0.29, 0.717) is 5.82 Å². The van der Waals surface area contributed by atoms with Gasteiger partial charge in [-0.25, -0.2) is 4.98 Å². The SMILES string of the molecule is BC(O)(O)C(B)(B)c1nc2ccccc2n1-c1ccccc1-c1ccc(C2=C3C=CC=CC3C(c3ccc(-c4cccnc4)cc3)c3ccccc32)cc1. The van der Waals surface area contributed by atoms with Crippen molar-refractivity contribution in [3.63, 3.8) is 0 Å². The quantitative estimate of drug-likeness (QED) is 0.155. The van der Waals surface area contributed by atoms with Crippen molar-refractivity contribution in [3.8, 4) is 27.9 Å². The lowest BCUT2D eigenvalue weighted by atomic mass is 9.45. The van der Waals surface area contributed by atoms with Gasteiger partial charge in [0.05, 0.1) is 16.7 Å². The van der Waals surface area contributed by atoms with Gasteiger partial charge in [0, 0.05) is 35.0 Å². The molecule has 0 radical (unpaired) electrons. The second kappa shape index (κ2) is 13.2. The molecule has 0 aliphatic heterocycles. The molecule has 7 aromatic rings. The molecule has 0 amide bonds. The van der Waals surface area contributed by atoms with Crippen LogP contribution in [0.15, 0.2) is 176 Å². The van der Waals surface area contributed by atoms with Gasteiger partial charge in [-0.2, -0.15) is 0 Å². The van der Waals surface area contributed by atoms with Gasteiger partial charge in [-0.05, 0) is 74.4 Å². The predicted octanol–water partition coefficient (Wildman–Crippen LogP) is 6.13. The normalized spacial score (nSPS) is 16.7. The minimum Gasteiger partial charge on any atom is -0.375 e. The lowest BCUT2D eigenvalue weighted by molar-refractivity contribution is -0.100. The van der Waals surface area contributed by atoms with Gasteiger partial charge in [-0.1, -0.05) is 133 Å². The largest absolute Gasteiger partial charge is 0.375 e. The molecule has 258 valence electrons. The Kier molecular flexibility index (Phi) is 8.26. The van der Waals surface area contributed by atoms with Crippen molar-refractivity contribution in [2.24, 2.45) is 5.92 Å². The molecule has 2 unspecified atom stereocenters. The lowest BCUT2D eigenvalue weighted by Gasteiger charge is -2.37. The molecule has 9 rings (SSSR count). The van der Waals surface area contributed by atoms with Crippen molar-refractivity contribution in [3.05, 3.63) is 204 Å². The Morgan fingerprint density at radius 2 is 1.31 bits per heavy atom. The minimum atomic E-state index is -2.00. The summed E-state index contributed by atoms with van der Waals surface area (Å²) >= 11 is 0. The van der Waals surface area contributed by atoms with Crippen LogP contribution in [-0.4, -0.2) is 54.0 Å². The van der Waals surface area contributed by atoms with Crippen molar-refractivity contribution in [2.75, 3.05) is 0 Å². The van der Waals surface area contributed by atoms with Crippen LogP contribution in [-0.2, 0) is 5.21 Å². The number of rotatable bonds is 7. The first-order valence-electron chi connectivity index (χ1n) is 18.5. The smallest absolute Gasteiger partial charge is 0.177 e. The standard InChI is InChI=1S/C46H38B3N3O2/c47-45(48,46(49,53)54)44-51-39-16-6-8-18-41(39)52(44)40-17-7-5-11-34(40)30-21-25-32(26-22-30)43-37-14-3-1-12-35(37)42(36-13-2-4-15-38(36)43)31-23-19-29(20-24-31)33-10-9-27-50-28-33/h1-28,35,42,53-54H,47-49H2. The third kappa shape index (κ3) is 5.61. The second-order valence-corrected chi connectivity index (χ2v) is 15.0. The van der Waals surface area contributed by atoms with Crippen LogP contribution in [0.1, 0.15) is 34.0 Å². The summed E-state index contributed by atoms with van der Waals surface area (Å²) < 4.78 is 2.08. The molecule has 0 spiro atoms. The van der Waals surface area contributed by atoms with Crippen molar-refractivity contribution in [1.29, 1.82) is 0 Å². The topological polar surface area (TPSA) is 71.2 Å². The van der Waals surface area contributed by atoms with E-state index in [1.54, 1.807) is 0 Å². The van der Waals surface area contributed by atoms with Gasteiger partial charge in [0.25, 0.3) is 0 Å². The maximum Gasteiger partial charge on any atom is 0.177 e. The summed E-state index contributed by atoms with van der Waals surface area (Å²) in [6.45, 7) is 0. The van der Waals surface area contributed by atoms with Crippen LogP contribution in [0.5, 0.6) is 0 Å². The number of imidazole rings is 1. The lowest BCUT2D eigenvalue weighted by Crippen LogP contribution is -2.54. The first kappa shape index (κ1) is 33.9. The molecule has 2 heterocycles. The number of hydrogen-bond donors (Lipinski definition) is 2. The highest BCUT2D eigenvalue weighted by Gasteiger charge is 2.43. The monoisotopic (exact) mass is 697 g/mol. The Labute approximate surface area is 318 Å². The molecule has 8 heteroatoms. The Morgan fingerprint density at radius 3 is 2.07 bits per heavy atom. The summed E-state index contributed by atoms with van der Waals surface area (Å²) in [7, 11) is 5.07. The zero-order valence-corrected chi connectivity index (χ0v) is 30.6. The van der Waals surface area contributed by atoms with Crippen molar-refractivity contribution in [1.82, 2.24) is 14.5 Å². The van der Waals surface area contributed by atoms with Gasteiger partial charge in [0.1, 0.15) is 27.2 Å². The summed E-state index contributed by atoms with van der Waals surface area (Å²) in [5.74, 6) is 0.943. The molecule has 2 aliphatic carbocycles. The number of aliphatic hydroxyl groups is 2. The van der Waals surface area contributed by atoms with E-state index in [4.69, 9.17) is 4.98 Å². The van der Waals surface area contributed by atoms with E-state index in [2.05, 4.69) is 125 Å². The maximum absolute atomic E-state index is 10.9. The van der Waals surface area contributed by atoms with Crippen molar-refractivity contribution in [2.45, 2.75) is 16.8 Å². The Hall–Kier alpha value is -5.95. The molecule has 2 atom stereocenters. The van der Waals surface area contributed by atoms with Gasteiger partial charge in [-0.15, -0.1) is 0 Å². The van der Waals surface area contributed by atoms with Crippen LogP contribution in [0.25, 0.3) is 44.5 Å². The molecule has 0 saturated heterocycles. The molecule has 0 saturated carbocycles. The van der Waals surface area contributed by atoms with Gasteiger partial charge in [0.15, 0.2) is 7.85 Å². The minimum absolute atomic E-state index is 0.179. The van der Waals surface area contributed by atoms with Crippen LogP contribution >= 0.6 is 0 Å². The summed E-state index contributed by atoms with van der Waals surface area (Å²) in [4.78, 5) is 9.29. The fourth-order valence-corrected chi connectivity index (χ4v) is 8.20. The van der Waals surface area contributed by atoms with E-state index in [1.165, 1.54) is 41.2 Å². The highest BCUT2D eigenvalue weighted by Crippen LogP contribution is 2.50. The zero-order valence-electron chi connectivity index (χ0n) is 30.6. The molecular weight excluding hydrogens is 659 g/mol. The number of hydrogen-bond acceptors (Lipinski definition) is 4. The van der Waals surface area contributed by atoms with Crippen molar-refractivity contribution < 1.29 is 10.2 Å². The van der Waals surface area contributed by atoms with Crippen molar-refractivity contribution >= 4 is 40.1 Å². The third-order valence-electron chi connectivity index (χ3n) is 11.5. The van der Waals surface area contributed by atoms with Gasteiger partial charge >= 0.3 is 0 Å². The van der Waals surface area contributed by atoms with E-state index < -0.39 is 10.9 Å². The number of aromatic nitrogens is 3. The average Bonchev–Trinajstić information content (AvgIpc) is 3.60. The number of pyridine rings is 1. The van der Waals surface area contributed by atoms with Crippen LogP contribution < -0.4 is 0 Å². The van der Waals surface area contributed by atoms with E-state index in [9.17, 15) is 10.2 Å². The molecule has 5 nitrogen and oxygen atoms in total. The maximum atomic E-state index is 10.9. The summed E-state index contributed by atoms with van der Waals surface area (Å²) in [6, 6.07) is 47.1. The van der Waals surface area contributed by atoms with Crippen LogP contribution in [0, 0.1) is 5.92 Å². The highest BCUT2D eigenvalue weighted by molar-refractivity contribution is 6.44. The summed E-state index contributed by atoms with van der Waals surface area (Å²) in [5.41, 5.74) is 12.6. The average molecular weight is 697 g/mol. The fraction of sp³-hybridized carbons (Fsp3) is 0.0870. The van der Waals surface area contributed by atoms with E-state index in [0.717, 1.165) is 39.0 Å². The molecule has 2 aromatic heterocycles. The molecular formula is C46H38B3N3O2. The number of benzene rings is 5. The Bertz CT molecular complexity index is 2620. The molecule has 2 N–H and O–H groups in total. The van der Waals surface area contributed by atoms with Gasteiger partial charge < -0.3 is 10.2 Å². The van der Waals surface area contributed by atoms with Gasteiger partial charge in [-0.3, -0.25) is 9.55 Å². The highest BCUT2D eigenvalue weighted by atomic mass is 16.5. The number of nitrogens with zero attached hydrogens (tertiary/aromatic N) is 3. The molecule has 0 bridgehead atoms. The van der Waals surface area contributed by atoms with Gasteiger partial charge in [0.2, 0.25) is 0 Å². The Morgan fingerprint density at radius 1 is 0.630 bits per heavy atom. The Balaban J connectivity index is 1.13. The van der Waals surface area contributed by atoms with Crippen LogP contribution in [0.4, 0.5) is 0 Å². The summed E-state index contributed by atoms with van der Waals surface area (Å²) in [6.07, 6.45) is 12.7. The first-order chi connectivity index (χ1) is 26.2. The van der Waals surface area contributed by atoms with E-state index >= 15 is 0 Å². The zero-order chi connectivity index (χ0) is 37.0. The van der Waals surface area contributed by atoms with Crippen LogP contribution in [0.3, 0.4) is 0 Å². The number of fused-ring (bicyclic) bond motifs is 3. The second-order valence-electron chi connectivity index (χ2n) is 15.0. The molecule has 2 aliphatic rings. The molecule has 5 aromatic carbocycles. The van der Waals surface area contributed by atoms with E-state index in [-0.39, 0.29) is 11.8 Å². The fourth-order valence-electron chi connectivity index (χ4n) is 8.20. The molecule has 54 heavy (non-hydrogen) atoms. The predicted molar refractivity (Wildman–Crippen MR) is 227 cm³/mol. The first-order valence-corrected chi connectivity index (χ1v) is 18.5. The number of allylic oxidation sites excluding steroid dienone is 5. The third-order valence-corrected chi connectivity index (χ3v) is 11.5. The summed E-state index contributed by atoms with van der Waals surface area (Å²) in [5, 5.41) is 20.7. The molecule has 0 fully saturated rings.